The van der Waals surface area contributed by atoms with Crippen LogP contribution < -0.4 is 11.1 Å². The average molecular weight is 244 g/mol. The number of aliphatic carboxylic acids is 1. The van der Waals surface area contributed by atoms with Crippen molar-refractivity contribution in [3.63, 3.8) is 0 Å². The van der Waals surface area contributed by atoms with E-state index >= 15 is 0 Å². The Bertz CT molecular complexity index is 289. The first-order chi connectivity index (χ1) is 7.82. The van der Waals surface area contributed by atoms with Crippen LogP contribution in [0.4, 0.5) is 0 Å². The molecule has 0 saturated carbocycles. The van der Waals surface area contributed by atoms with E-state index in [4.69, 9.17) is 10.8 Å². The zero-order chi connectivity index (χ0) is 13.4. The Labute approximate surface area is 101 Å². The van der Waals surface area contributed by atoms with Gasteiger partial charge in [0, 0.05) is 12.8 Å². The third-order valence-corrected chi connectivity index (χ3v) is 2.26. The molecule has 0 saturated heterocycles. The molecule has 0 aliphatic carbocycles. The summed E-state index contributed by atoms with van der Waals surface area (Å²) in [5, 5.41) is 11.2. The Balaban J connectivity index is 4.11. The number of amides is 2. The van der Waals surface area contributed by atoms with Gasteiger partial charge in [0.2, 0.25) is 11.8 Å². The van der Waals surface area contributed by atoms with Crippen molar-refractivity contribution < 1.29 is 19.5 Å². The molecule has 1 atom stereocenters. The molecule has 0 aromatic heterocycles. The molecule has 0 aliphatic heterocycles. The number of carboxylic acids is 1. The van der Waals surface area contributed by atoms with E-state index in [9.17, 15) is 14.4 Å². The van der Waals surface area contributed by atoms with Crippen molar-refractivity contribution in [3.05, 3.63) is 0 Å². The molecule has 4 N–H and O–H groups in total. The maximum absolute atomic E-state index is 11.4. The fraction of sp³-hybridized carbons (Fsp3) is 0.727. The molecule has 0 aromatic rings. The molecule has 0 unspecified atom stereocenters. The summed E-state index contributed by atoms with van der Waals surface area (Å²) in [6.07, 6.45) is 0.964. The van der Waals surface area contributed by atoms with Gasteiger partial charge in [0.15, 0.2) is 0 Å². The minimum atomic E-state index is -1.15. The van der Waals surface area contributed by atoms with E-state index in [2.05, 4.69) is 5.32 Å². The highest BCUT2D eigenvalue weighted by Crippen LogP contribution is 2.04. The van der Waals surface area contributed by atoms with Gasteiger partial charge in [0.05, 0.1) is 0 Å². The highest BCUT2D eigenvalue weighted by Gasteiger charge is 2.20. The summed E-state index contributed by atoms with van der Waals surface area (Å²) >= 11 is 0. The van der Waals surface area contributed by atoms with E-state index in [-0.39, 0.29) is 25.2 Å². The molecule has 0 aliphatic rings. The number of carboxylic acid groups (broad SMARTS) is 1. The number of carbonyl (C=O) groups excluding carboxylic acids is 2. The average Bonchev–Trinajstić information content (AvgIpc) is 2.20. The van der Waals surface area contributed by atoms with Crippen molar-refractivity contribution >= 4 is 17.8 Å². The predicted molar refractivity (Wildman–Crippen MR) is 62.1 cm³/mol. The number of hydrogen-bond acceptors (Lipinski definition) is 3. The van der Waals surface area contributed by atoms with Crippen molar-refractivity contribution in [1.82, 2.24) is 5.32 Å². The van der Waals surface area contributed by atoms with Gasteiger partial charge in [-0.2, -0.15) is 0 Å². The van der Waals surface area contributed by atoms with E-state index in [0.717, 1.165) is 0 Å². The van der Waals surface area contributed by atoms with Crippen molar-refractivity contribution in [2.75, 3.05) is 0 Å². The van der Waals surface area contributed by atoms with Gasteiger partial charge in [-0.25, -0.2) is 4.79 Å². The molecule has 0 bridgehead atoms. The minimum absolute atomic E-state index is 0.0259. The van der Waals surface area contributed by atoms with Crippen LogP contribution in [0.15, 0.2) is 0 Å². The van der Waals surface area contributed by atoms with Gasteiger partial charge >= 0.3 is 5.97 Å². The molecular weight excluding hydrogens is 224 g/mol. The second kappa shape index (κ2) is 7.65. The van der Waals surface area contributed by atoms with E-state index in [1.807, 2.05) is 13.8 Å². The smallest absolute Gasteiger partial charge is 0.326 e. The first kappa shape index (κ1) is 15.4. The number of carbonyl (C=O) groups is 3. The molecule has 17 heavy (non-hydrogen) atoms. The van der Waals surface area contributed by atoms with Crippen LogP contribution >= 0.6 is 0 Å². The standard InChI is InChI=1S/C11H20N2O4/c1-7(2)3-6-10(15)13-8(11(16)17)4-5-9(12)14/h7-8H,3-6H2,1-2H3,(H2,12,14)(H,13,15)(H,16,17)/t8-/m0/s1. The molecule has 0 rings (SSSR count). The topological polar surface area (TPSA) is 109 Å². The number of rotatable bonds is 8. The first-order valence-electron chi connectivity index (χ1n) is 5.63. The van der Waals surface area contributed by atoms with Crippen LogP contribution in [0.5, 0.6) is 0 Å². The van der Waals surface area contributed by atoms with Crippen LogP contribution in [0.1, 0.15) is 39.5 Å². The molecule has 0 aromatic carbocycles. The molecule has 0 spiro atoms. The van der Waals surface area contributed by atoms with E-state index in [1.54, 1.807) is 0 Å². The summed E-state index contributed by atoms with van der Waals surface area (Å²) in [6, 6.07) is -1.04. The summed E-state index contributed by atoms with van der Waals surface area (Å²) in [4.78, 5) is 32.8. The second-order valence-corrected chi connectivity index (χ2v) is 4.40. The second-order valence-electron chi connectivity index (χ2n) is 4.40. The highest BCUT2D eigenvalue weighted by atomic mass is 16.4. The lowest BCUT2D eigenvalue weighted by atomic mass is 10.1. The predicted octanol–water partition coefficient (Wildman–Crippen LogP) is 0.258. The normalized spacial score (nSPS) is 12.2. The Kier molecular flexibility index (Phi) is 6.93. The molecule has 0 fully saturated rings. The fourth-order valence-electron chi connectivity index (χ4n) is 1.23. The van der Waals surface area contributed by atoms with E-state index < -0.39 is 17.9 Å². The molecule has 2 amide bonds. The first-order valence-corrected chi connectivity index (χ1v) is 5.63. The number of nitrogens with two attached hydrogens (primary N) is 1. The lowest BCUT2D eigenvalue weighted by Crippen LogP contribution is -2.41. The van der Waals surface area contributed by atoms with Gasteiger partial charge in [-0.05, 0) is 18.8 Å². The maximum Gasteiger partial charge on any atom is 0.326 e. The molecule has 6 nitrogen and oxygen atoms in total. The number of hydrogen-bond donors (Lipinski definition) is 3. The highest BCUT2D eigenvalue weighted by molar-refractivity contribution is 5.84. The molecule has 6 heteroatoms. The van der Waals surface area contributed by atoms with E-state index in [1.165, 1.54) is 0 Å². The lowest BCUT2D eigenvalue weighted by Gasteiger charge is -2.14. The molecule has 0 radical (unpaired) electrons. The van der Waals surface area contributed by atoms with Crippen molar-refractivity contribution in [2.45, 2.75) is 45.6 Å². The van der Waals surface area contributed by atoms with Crippen LogP contribution in [-0.2, 0) is 14.4 Å². The largest absolute Gasteiger partial charge is 0.480 e. The Morgan fingerprint density at radius 2 is 1.76 bits per heavy atom. The van der Waals surface area contributed by atoms with Gasteiger partial charge in [-0.3, -0.25) is 9.59 Å². The molecule has 0 heterocycles. The molecule has 98 valence electrons. The van der Waals surface area contributed by atoms with Crippen LogP contribution in [0.2, 0.25) is 0 Å². The number of nitrogens with one attached hydrogen (secondary N) is 1. The van der Waals surface area contributed by atoms with Gasteiger partial charge in [-0.1, -0.05) is 13.8 Å². The molecular formula is C11H20N2O4. The van der Waals surface area contributed by atoms with Gasteiger partial charge in [0.1, 0.15) is 6.04 Å². The Morgan fingerprint density at radius 3 is 2.18 bits per heavy atom. The maximum atomic E-state index is 11.4. The van der Waals surface area contributed by atoms with Crippen LogP contribution in [-0.4, -0.2) is 28.9 Å². The quantitative estimate of drug-likeness (QED) is 0.568. The third kappa shape index (κ3) is 8.24. The summed E-state index contributed by atoms with van der Waals surface area (Å²) in [5.74, 6) is -1.65. The minimum Gasteiger partial charge on any atom is -0.480 e. The monoisotopic (exact) mass is 244 g/mol. The SMILES string of the molecule is CC(C)CCC(=O)N[C@@H](CCC(N)=O)C(=O)O. The van der Waals surface area contributed by atoms with Gasteiger partial charge in [0.25, 0.3) is 0 Å². The van der Waals surface area contributed by atoms with Crippen LogP contribution in [0.3, 0.4) is 0 Å². The van der Waals surface area contributed by atoms with E-state index in [0.29, 0.717) is 12.3 Å². The Morgan fingerprint density at radius 1 is 1.18 bits per heavy atom. The van der Waals surface area contributed by atoms with Crippen molar-refractivity contribution in [1.29, 1.82) is 0 Å². The summed E-state index contributed by atoms with van der Waals surface area (Å²) in [6.45, 7) is 3.96. The third-order valence-electron chi connectivity index (χ3n) is 2.26. The van der Waals surface area contributed by atoms with Crippen LogP contribution in [0.25, 0.3) is 0 Å². The van der Waals surface area contributed by atoms with Gasteiger partial charge < -0.3 is 16.2 Å². The fourth-order valence-corrected chi connectivity index (χ4v) is 1.23. The lowest BCUT2D eigenvalue weighted by molar-refractivity contribution is -0.142. The zero-order valence-electron chi connectivity index (χ0n) is 10.2. The zero-order valence-corrected chi connectivity index (χ0v) is 10.2. The van der Waals surface area contributed by atoms with Crippen molar-refractivity contribution in [3.8, 4) is 0 Å². The Hall–Kier alpha value is -1.59. The van der Waals surface area contributed by atoms with Crippen molar-refractivity contribution in [2.24, 2.45) is 11.7 Å². The van der Waals surface area contributed by atoms with Crippen LogP contribution in [0, 0.1) is 5.92 Å². The summed E-state index contributed by atoms with van der Waals surface area (Å²) in [5.41, 5.74) is 4.93. The van der Waals surface area contributed by atoms with Gasteiger partial charge in [-0.15, -0.1) is 0 Å². The number of primary amides is 1. The summed E-state index contributed by atoms with van der Waals surface area (Å²) in [7, 11) is 0. The summed E-state index contributed by atoms with van der Waals surface area (Å²) < 4.78 is 0.